The van der Waals surface area contributed by atoms with Crippen LogP contribution in [0.3, 0.4) is 0 Å². The summed E-state index contributed by atoms with van der Waals surface area (Å²) in [6, 6.07) is 9.71. The van der Waals surface area contributed by atoms with Crippen molar-refractivity contribution in [3.8, 4) is 11.1 Å². The fourth-order valence-corrected chi connectivity index (χ4v) is 1.93. The lowest BCUT2D eigenvalue weighted by molar-refractivity contribution is 0.112. The summed E-state index contributed by atoms with van der Waals surface area (Å²) in [6.07, 6.45) is 0.773. The van der Waals surface area contributed by atoms with Gasteiger partial charge in [-0.25, -0.2) is 4.39 Å². The topological polar surface area (TPSA) is 17.1 Å². The Morgan fingerprint density at radius 3 is 2.41 bits per heavy atom. The third-order valence-corrected chi connectivity index (χ3v) is 2.84. The maximum atomic E-state index is 13.7. The fraction of sp³-hybridized carbons (Fsp3) is 0.0714. The minimum absolute atomic E-state index is 0.362. The van der Waals surface area contributed by atoms with Gasteiger partial charge in [-0.3, -0.25) is 4.79 Å². The standard InChI is InChI=1S/C14H10ClFO/c1-9-6-10(8-17)2-4-12(9)13-5-3-11(15)7-14(13)16/h2-8H,1H3. The second-order valence-corrected chi connectivity index (χ2v) is 4.25. The van der Waals surface area contributed by atoms with Gasteiger partial charge >= 0.3 is 0 Å². The average Bonchev–Trinajstić information content (AvgIpc) is 2.30. The van der Waals surface area contributed by atoms with Gasteiger partial charge in [0.15, 0.2) is 0 Å². The Morgan fingerprint density at radius 1 is 1.12 bits per heavy atom. The van der Waals surface area contributed by atoms with Crippen LogP contribution >= 0.6 is 11.6 Å². The smallest absolute Gasteiger partial charge is 0.150 e. The number of hydrogen-bond donors (Lipinski definition) is 0. The van der Waals surface area contributed by atoms with Crippen LogP contribution in [0.2, 0.25) is 5.02 Å². The van der Waals surface area contributed by atoms with Crippen molar-refractivity contribution in [3.05, 3.63) is 58.4 Å². The predicted molar refractivity (Wildman–Crippen MR) is 67.0 cm³/mol. The zero-order valence-corrected chi connectivity index (χ0v) is 9.96. The van der Waals surface area contributed by atoms with Crippen LogP contribution in [-0.2, 0) is 0 Å². The number of aryl methyl sites for hydroxylation is 1. The van der Waals surface area contributed by atoms with Crippen molar-refractivity contribution in [1.82, 2.24) is 0 Å². The molecule has 17 heavy (non-hydrogen) atoms. The molecule has 0 aliphatic rings. The molecular weight excluding hydrogens is 239 g/mol. The summed E-state index contributed by atoms with van der Waals surface area (Å²) in [5.74, 6) is -0.362. The number of carbonyl (C=O) groups is 1. The first-order valence-corrected chi connectivity index (χ1v) is 5.51. The molecule has 0 fully saturated rings. The highest BCUT2D eigenvalue weighted by Gasteiger charge is 2.08. The number of hydrogen-bond acceptors (Lipinski definition) is 1. The van der Waals surface area contributed by atoms with Crippen LogP contribution in [0.15, 0.2) is 36.4 Å². The third kappa shape index (κ3) is 2.37. The van der Waals surface area contributed by atoms with Crippen molar-refractivity contribution in [2.24, 2.45) is 0 Å². The number of halogens is 2. The SMILES string of the molecule is Cc1cc(C=O)ccc1-c1ccc(Cl)cc1F. The van der Waals surface area contributed by atoms with E-state index in [1.165, 1.54) is 6.07 Å². The molecule has 0 aliphatic heterocycles. The van der Waals surface area contributed by atoms with E-state index in [0.29, 0.717) is 16.1 Å². The Labute approximate surface area is 104 Å². The number of rotatable bonds is 2. The molecule has 0 saturated heterocycles. The second-order valence-electron chi connectivity index (χ2n) is 3.82. The van der Waals surface area contributed by atoms with Gasteiger partial charge in [0, 0.05) is 16.1 Å². The second kappa shape index (κ2) is 4.68. The molecule has 1 nitrogen and oxygen atoms in total. The minimum Gasteiger partial charge on any atom is -0.298 e. The van der Waals surface area contributed by atoms with E-state index in [0.717, 1.165) is 17.4 Å². The highest BCUT2D eigenvalue weighted by Crippen LogP contribution is 2.28. The van der Waals surface area contributed by atoms with E-state index in [9.17, 15) is 9.18 Å². The van der Waals surface area contributed by atoms with Crippen LogP contribution in [0.4, 0.5) is 4.39 Å². The lowest BCUT2D eigenvalue weighted by Crippen LogP contribution is -1.90. The molecule has 0 unspecified atom stereocenters. The first-order chi connectivity index (χ1) is 8.11. The highest BCUT2D eigenvalue weighted by molar-refractivity contribution is 6.30. The van der Waals surface area contributed by atoms with Crippen LogP contribution in [0.25, 0.3) is 11.1 Å². The molecule has 3 heteroatoms. The first kappa shape index (κ1) is 11.8. The highest BCUT2D eigenvalue weighted by atomic mass is 35.5. The summed E-state index contributed by atoms with van der Waals surface area (Å²) in [5.41, 5.74) is 2.70. The molecule has 2 rings (SSSR count). The zero-order valence-electron chi connectivity index (χ0n) is 9.21. The van der Waals surface area contributed by atoms with E-state index in [2.05, 4.69) is 0 Å². The van der Waals surface area contributed by atoms with Crippen LogP contribution in [-0.4, -0.2) is 6.29 Å². The molecule has 0 spiro atoms. The molecule has 0 bridgehead atoms. The fourth-order valence-electron chi connectivity index (χ4n) is 1.77. The number of benzene rings is 2. The molecule has 0 heterocycles. The van der Waals surface area contributed by atoms with Crippen LogP contribution in [0, 0.1) is 12.7 Å². The summed E-state index contributed by atoms with van der Waals surface area (Å²) >= 11 is 5.71. The largest absolute Gasteiger partial charge is 0.298 e. The predicted octanol–water partition coefficient (Wildman–Crippen LogP) is 4.27. The summed E-state index contributed by atoms with van der Waals surface area (Å²) in [4.78, 5) is 10.6. The van der Waals surface area contributed by atoms with E-state index >= 15 is 0 Å². The van der Waals surface area contributed by atoms with Crippen molar-refractivity contribution >= 4 is 17.9 Å². The van der Waals surface area contributed by atoms with Gasteiger partial charge in [0.25, 0.3) is 0 Å². The molecule has 0 N–H and O–H groups in total. The quantitative estimate of drug-likeness (QED) is 0.726. The molecular formula is C14H10ClFO. The van der Waals surface area contributed by atoms with Gasteiger partial charge < -0.3 is 0 Å². The van der Waals surface area contributed by atoms with Gasteiger partial charge in [0.2, 0.25) is 0 Å². The Bertz CT molecular complexity index is 578. The van der Waals surface area contributed by atoms with E-state index in [4.69, 9.17) is 11.6 Å². The van der Waals surface area contributed by atoms with Gasteiger partial charge in [-0.2, -0.15) is 0 Å². The maximum absolute atomic E-state index is 13.7. The molecule has 0 atom stereocenters. The molecule has 0 saturated carbocycles. The molecule has 2 aromatic rings. The molecule has 0 aliphatic carbocycles. The average molecular weight is 249 g/mol. The van der Waals surface area contributed by atoms with Crippen LogP contribution in [0.1, 0.15) is 15.9 Å². The Hall–Kier alpha value is -1.67. The van der Waals surface area contributed by atoms with E-state index < -0.39 is 0 Å². The summed E-state index contributed by atoms with van der Waals surface area (Å²) in [5, 5.41) is 0.369. The van der Waals surface area contributed by atoms with Crippen molar-refractivity contribution < 1.29 is 9.18 Å². The van der Waals surface area contributed by atoms with Crippen molar-refractivity contribution in [2.45, 2.75) is 6.92 Å². The Kier molecular flexibility index (Phi) is 3.25. The van der Waals surface area contributed by atoms with Gasteiger partial charge in [-0.05, 0) is 42.3 Å². The normalized spacial score (nSPS) is 10.3. The summed E-state index contributed by atoms with van der Waals surface area (Å²) in [7, 11) is 0. The Balaban J connectivity index is 2.56. The lowest BCUT2D eigenvalue weighted by atomic mass is 9.98. The van der Waals surface area contributed by atoms with Gasteiger partial charge in [-0.1, -0.05) is 23.7 Å². The van der Waals surface area contributed by atoms with E-state index in [-0.39, 0.29) is 5.82 Å². The Morgan fingerprint density at radius 2 is 1.82 bits per heavy atom. The molecule has 0 amide bonds. The monoisotopic (exact) mass is 248 g/mol. The van der Waals surface area contributed by atoms with Crippen LogP contribution < -0.4 is 0 Å². The maximum Gasteiger partial charge on any atom is 0.150 e. The zero-order chi connectivity index (χ0) is 12.4. The van der Waals surface area contributed by atoms with Gasteiger partial charge in [0.1, 0.15) is 12.1 Å². The van der Waals surface area contributed by atoms with E-state index in [1.54, 1.807) is 30.3 Å². The minimum atomic E-state index is -0.362. The van der Waals surface area contributed by atoms with Gasteiger partial charge in [0.05, 0.1) is 0 Å². The van der Waals surface area contributed by atoms with Crippen molar-refractivity contribution in [3.63, 3.8) is 0 Å². The van der Waals surface area contributed by atoms with Crippen molar-refractivity contribution in [1.29, 1.82) is 0 Å². The van der Waals surface area contributed by atoms with Crippen LogP contribution in [0.5, 0.6) is 0 Å². The molecule has 86 valence electrons. The number of carbonyl (C=O) groups excluding carboxylic acids is 1. The third-order valence-electron chi connectivity index (χ3n) is 2.61. The number of aldehydes is 1. The molecule has 0 aromatic heterocycles. The molecule has 2 aromatic carbocycles. The van der Waals surface area contributed by atoms with E-state index in [1.807, 2.05) is 6.92 Å². The first-order valence-electron chi connectivity index (χ1n) is 5.13. The summed E-state index contributed by atoms with van der Waals surface area (Å²) < 4.78 is 13.7. The van der Waals surface area contributed by atoms with Crippen molar-refractivity contribution in [2.75, 3.05) is 0 Å². The summed E-state index contributed by atoms with van der Waals surface area (Å²) in [6.45, 7) is 1.84. The van der Waals surface area contributed by atoms with Gasteiger partial charge in [-0.15, -0.1) is 0 Å². The molecule has 0 radical (unpaired) electrons. The lowest BCUT2D eigenvalue weighted by Gasteiger charge is -2.08.